The Morgan fingerprint density at radius 2 is 1.71 bits per heavy atom. The molecule has 1 amide bonds. The SMILES string of the molecule is COC(=O)C1=C(C)N=C(OC)N(C(=O)Oc2ccc([N+](=O)[O-])cc2)C1c1ccccc1. The molecule has 1 aliphatic rings. The topological polar surface area (TPSA) is 121 Å². The van der Waals surface area contributed by atoms with E-state index >= 15 is 0 Å². The van der Waals surface area contributed by atoms with Crippen molar-refractivity contribution in [2.75, 3.05) is 14.2 Å². The number of allylic oxidation sites excluding steroid dienone is 1. The number of nitro groups is 1. The zero-order valence-corrected chi connectivity index (χ0v) is 17.0. The van der Waals surface area contributed by atoms with E-state index in [9.17, 15) is 19.7 Å². The van der Waals surface area contributed by atoms with Gasteiger partial charge in [0, 0.05) is 12.1 Å². The molecule has 2 aromatic carbocycles. The Kier molecular flexibility index (Phi) is 6.29. The number of esters is 1. The molecular weight excluding hydrogens is 406 g/mol. The number of carbonyl (C=O) groups excluding carboxylic acids is 2. The minimum atomic E-state index is -0.924. The Balaban J connectivity index is 2.04. The summed E-state index contributed by atoms with van der Waals surface area (Å²) in [7, 11) is 2.57. The number of rotatable bonds is 4. The minimum Gasteiger partial charge on any atom is -0.468 e. The van der Waals surface area contributed by atoms with Crippen LogP contribution < -0.4 is 4.74 Å². The normalized spacial score (nSPS) is 15.8. The van der Waals surface area contributed by atoms with Crippen LogP contribution in [-0.2, 0) is 14.3 Å². The molecule has 1 unspecified atom stereocenters. The van der Waals surface area contributed by atoms with Crippen LogP contribution in [0.4, 0.5) is 10.5 Å². The van der Waals surface area contributed by atoms with Crippen molar-refractivity contribution in [1.29, 1.82) is 0 Å². The molecule has 31 heavy (non-hydrogen) atoms. The van der Waals surface area contributed by atoms with E-state index < -0.39 is 23.0 Å². The third-order valence-electron chi connectivity index (χ3n) is 4.54. The molecule has 1 heterocycles. The Morgan fingerprint density at radius 1 is 1.06 bits per heavy atom. The second-order valence-corrected chi connectivity index (χ2v) is 6.39. The summed E-state index contributed by atoms with van der Waals surface area (Å²) in [6.45, 7) is 1.61. The second kappa shape index (κ2) is 9.08. The van der Waals surface area contributed by atoms with Crippen LogP contribution in [0.15, 0.2) is 70.9 Å². The number of benzene rings is 2. The third kappa shape index (κ3) is 4.37. The lowest BCUT2D eigenvalue weighted by molar-refractivity contribution is -0.384. The largest absolute Gasteiger partial charge is 0.468 e. The number of nitrogens with zero attached hydrogens (tertiary/aromatic N) is 3. The van der Waals surface area contributed by atoms with Gasteiger partial charge in [0.25, 0.3) is 5.69 Å². The molecule has 0 bridgehead atoms. The first kappa shape index (κ1) is 21.5. The van der Waals surface area contributed by atoms with E-state index in [0.29, 0.717) is 11.3 Å². The highest BCUT2D eigenvalue weighted by Crippen LogP contribution is 2.36. The van der Waals surface area contributed by atoms with Crippen molar-refractivity contribution in [2.24, 2.45) is 4.99 Å². The number of amides is 1. The average Bonchev–Trinajstić information content (AvgIpc) is 2.78. The first-order chi connectivity index (χ1) is 14.9. The van der Waals surface area contributed by atoms with Gasteiger partial charge in [0.15, 0.2) is 0 Å². The zero-order valence-electron chi connectivity index (χ0n) is 17.0. The maximum atomic E-state index is 13.1. The second-order valence-electron chi connectivity index (χ2n) is 6.39. The van der Waals surface area contributed by atoms with Gasteiger partial charge in [-0.1, -0.05) is 30.3 Å². The molecule has 0 N–H and O–H groups in total. The fraction of sp³-hybridized carbons (Fsp3) is 0.190. The minimum absolute atomic E-state index is 0.0729. The van der Waals surface area contributed by atoms with Crippen molar-refractivity contribution in [3.63, 3.8) is 0 Å². The van der Waals surface area contributed by atoms with Crippen LogP contribution in [0.25, 0.3) is 0 Å². The highest BCUT2D eigenvalue weighted by atomic mass is 16.6. The third-order valence-corrected chi connectivity index (χ3v) is 4.54. The first-order valence-corrected chi connectivity index (χ1v) is 9.09. The number of ether oxygens (including phenoxy) is 3. The number of methoxy groups -OCH3 is 2. The number of carbonyl (C=O) groups is 2. The smallest absolute Gasteiger partial charge is 0.424 e. The summed E-state index contributed by atoms with van der Waals surface area (Å²) >= 11 is 0. The van der Waals surface area contributed by atoms with E-state index in [1.165, 1.54) is 38.5 Å². The number of amidine groups is 1. The molecule has 0 spiro atoms. The number of non-ortho nitro benzene ring substituents is 1. The van der Waals surface area contributed by atoms with E-state index in [0.717, 1.165) is 4.90 Å². The molecule has 0 aromatic heterocycles. The molecule has 2 aromatic rings. The molecule has 1 aliphatic heterocycles. The molecule has 0 aliphatic carbocycles. The molecule has 0 saturated carbocycles. The molecule has 3 rings (SSSR count). The number of hydrogen-bond acceptors (Lipinski definition) is 8. The van der Waals surface area contributed by atoms with Crippen molar-refractivity contribution >= 4 is 23.8 Å². The van der Waals surface area contributed by atoms with Gasteiger partial charge in [0.2, 0.25) is 0 Å². The van der Waals surface area contributed by atoms with Crippen molar-refractivity contribution in [1.82, 2.24) is 4.90 Å². The van der Waals surface area contributed by atoms with Crippen molar-refractivity contribution < 1.29 is 28.7 Å². The molecule has 0 fully saturated rings. The van der Waals surface area contributed by atoms with E-state index in [1.54, 1.807) is 37.3 Å². The Hall–Kier alpha value is -4.21. The number of hydrogen-bond donors (Lipinski definition) is 0. The predicted octanol–water partition coefficient (Wildman–Crippen LogP) is 3.60. The van der Waals surface area contributed by atoms with Gasteiger partial charge < -0.3 is 14.2 Å². The molecule has 10 heteroatoms. The highest BCUT2D eigenvalue weighted by molar-refractivity contribution is 5.99. The van der Waals surface area contributed by atoms with Crippen LogP contribution in [0.5, 0.6) is 5.75 Å². The summed E-state index contributed by atoms with van der Waals surface area (Å²) in [4.78, 5) is 41.3. The van der Waals surface area contributed by atoms with Gasteiger partial charge in [-0.05, 0) is 24.6 Å². The van der Waals surface area contributed by atoms with E-state index in [1.807, 2.05) is 0 Å². The van der Waals surface area contributed by atoms with Gasteiger partial charge in [0.05, 0.1) is 30.4 Å². The van der Waals surface area contributed by atoms with Gasteiger partial charge in [-0.25, -0.2) is 19.5 Å². The summed E-state index contributed by atoms with van der Waals surface area (Å²) in [6.07, 6.45) is -0.891. The Labute approximate surface area is 177 Å². The fourth-order valence-electron chi connectivity index (χ4n) is 3.13. The van der Waals surface area contributed by atoms with Gasteiger partial charge in [-0.3, -0.25) is 10.1 Å². The van der Waals surface area contributed by atoms with Crippen LogP contribution in [0.3, 0.4) is 0 Å². The van der Waals surface area contributed by atoms with Crippen LogP contribution >= 0.6 is 0 Å². The fourth-order valence-corrected chi connectivity index (χ4v) is 3.13. The lowest BCUT2D eigenvalue weighted by atomic mass is 9.95. The van der Waals surface area contributed by atoms with E-state index in [2.05, 4.69) is 4.99 Å². The van der Waals surface area contributed by atoms with Crippen LogP contribution in [0.1, 0.15) is 18.5 Å². The van der Waals surface area contributed by atoms with Gasteiger partial charge in [-0.2, -0.15) is 0 Å². The number of nitro benzene ring substituents is 1. The summed E-state index contributed by atoms with van der Waals surface area (Å²) in [5.74, 6) is -0.581. The van der Waals surface area contributed by atoms with Crippen molar-refractivity contribution in [2.45, 2.75) is 13.0 Å². The van der Waals surface area contributed by atoms with E-state index in [4.69, 9.17) is 14.2 Å². The molecule has 0 radical (unpaired) electrons. The number of aliphatic imine (C=N–C) groups is 1. The molecule has 160 valence electrons. The van der Waals surface area contributed by atoms with Crippen molar-refractivity contribution in [3.05, 3.63) is 81.5 Å². The lowest BCUT2D eigenvalue weighted by Crippen LogP contribution is -2.46. The molecular formula is C21H19N3O7. The summed E-state index contributed by atoms with van der Waals surface area (Å²) < 4.78 is 15.6. The van der Waals surface area contributed by atoms with Crippen LogP contribution in [0, 0.1) is 10.1 Å². The standard InChI is InChI=1S/C21H19N3O7/c1-13-17(19(25)29-2)18(14-7-5-4-6-8-14)23(20(22-13)30-3)21(26)31-16-11-9-15(10-12-16)24(27)28/h4-12,18H,1-3H3. The van der Waals surface area contributed by atoms with Gasteiger partial charge >= 0.3 is 18.1 Å². The Morgan fingerprint density at radius 3 is 2.26 bits per heavy atom. The lowest BCUT2D eigenvalue weighted by Gasteiger charge is -2.34. The molecule has 10 nitrogen and oxygen atoms in total. The molecule has 1 atom stereocenters. The maximum Gasteiger partial charge on any atom is 0.424 e. The quantitative estimate of drug-likeness (QED) is 0.417. The van der Waals surface area contributed by atoms with Crippen LogP contribution in [0.2, 0.25) is 0 Å². The van der Waals surface area contributed by atoms with E-state index in [-0.39, 0.29) is 23.0 Å². The average molecular weight is 425 g/mol. The summed E-state index contributed by atoms with van der Waals surface area (Å²) in [5.41, 5.74) is 0.935. The maximum absolute atomic E-state index is 13.1. The van der Waals surface area contributed by atoms with Gasteiger partial charge in [-0.15, -0.1) is 0 Å². The van der Waals surface area contributed by atoms with Crippen molar-refractivity contribution in [3.8, 4) is 5.75 Å². The van der Waals surface area contributed by atoms with Gasteiger partial charge in [0.1, 0.15) is 11.8 Å². The summed E-state index contributed by atoms with van der Waals surface area (Å²) in [6, 6.07) is 12.8. The molecule has 0 saturated heterocycles. The highest BCUT2D eigenvalue weighted by Gasteiger charge is 2.41. The summed E-state index contributed by atoms with van der Waals surface area (Å²) in [5, 5.41) is 10.8. The van der Waals surface area contributed by atoms with Crippen LogP contribution in [-0.4, -0.2) is 42.1 Å². The monoisotopic (exact) mass is 425 g/mol. The first-order valence-electron chi connectivity index (χ1n) is 9.09. The zero-order chi connectivity index (χ0) is 22.5. The Bertz CT molecular complexity index is 1060. The predicted molar refractivity (Wildman–Crippen MR) is 109 cm³/mol.